The summed E-state index contributed by atoms with van der Waals surface area (Å²) in [5.74, 6) is 3.21. The van der Waals surface area contributed by atoms with Crippen molar-refractivity contribution in [2.75, 3.05) is 0 Å². The Kier molecular flexibility index (Phi) is 8.29. The molecule has 0 aliphatic heterocycles. The quantitative estimate of drug-likeness (QED) is 0.269. The molecule has 0 aromatic heterocycles. The van der Waals surface area contributed by atoms with Crippen LogP contribution in [0.3, 0.4) is 0 Å². The monoisotopic (exact) mass is 376 g/mol. The van der Waals surface area contributed by atoms with Crippen LogP contribution in [0.5, 0.6) is 11.5 Å². The lowest BCUT2D eigenvalue weighted by molar-refractivity contribution is 0.104. The SMILES string of the molecule is CC=C(CC)Oc1ccc(C(=O)C=Cc2ccccc2OC(=CC)CC)cc1. The van der Waals surface area contributed by atoms with Crippen LogP contribution in [-0.4, -0.2) is 5.78 Å². The van der Waals surface area contributed by atoms with E-state index in [1.807, 2.05) is 76.2 Å². The molecule has 0 aliphatic carbocycles. The molecule has 2 aromatic carbocycles. The smallest absolute Gasteiger partial charge is 0.185 e. The highest BCUT2D eigenvalue weighted by molar-refractivity contribution is 6.07. The third-order valence-electron chi connectivity index (χ3n) is 4.30. The molecule has 0 saturated heterocycles. The maximum Gasteiger partial charge on any atom is 0.185 e. The minimum atomic E-state index is -0.0650. The Labute approximate surface area is 168 Å². The van der Waals surface area contributed by atoms with Gasteiger partial charge in [-0.3, -0.25) is 4.79 Å². The number of hydrogen-bond donors (Lipinski definition) is 0. The molecule has 2 rings (SSSR count). The topological polar surface area (TPSA) is 35.5 Å². The van der Waals surface area contributed by atoms with Crippen LogP contribution >= 0.6 is 0 Å². The number of benzene rings is 2. The van der Waals surface area contributed by atoms with Crippen molar-refractivity contribution in [1.82, 2.24) is 0 Å². The van der Waals surface area contributed by atoms with Crippen LogP contribution in [0.2, 0.25) is 0 Å². The third-order valence-corrected chi connectivity index (χ3v) is 4.30. The van der Waals surface area contributed by atoms with Gasteiger partial charge in [-0.25, -0.2) is 0 Å². The molecule has 3 nitrogen and oxygen atoms in total. The molecule has 0 unspecified atom stereocenters. The molecule has 2 aromatic rings. The summed E-state index contributed by atoms with van der Waals surface area (Å²) < 4.78 is 11.7. The predicted octanol–water partition coefficient (Wildman–Crippen LogP) is 6.97. The highest BCUT2D eigenvalue weighted by atomic mass is 16.5. The van der Waals surface area contributed by atoms with Crippen LogP contribution in [0.4, 0.5) is 0 Å². The fourth-order valence-electron chi connectivity index (χ4n) is 2.62. The molecule has 0 N–H and O–H groups in total. The maximum absolute atomic E-state index is 12.5. The summed E-state index contributed by atoms with van der Waals surface area (Å²) in [6.07, 6.45) is 8.90. The van der Waals surface area contributed by atoms with Crippen molar-refractivity contribution in [2.45, 2.75) is 40.5 Å². The minimum Gasteiger partial charge on any atom is -0.462 e. The number of rotatable bonds is 9. The van der Waals surface area contributed by atoms with Gasteiger partial charge >= 0.3 is 0 Å². The molecule has 0 saturated carbocycles. The molecule has 3 heteroatoms. The predicted molar refractivity (Wildman–Crippen MR) is 116 cm³/mol. The number of ketones is 1. The number of allylic oxidation sites excluding steroid dienone is 5. The summed E-state index contributed by atoms with van der Waals surface area (Å²) in [5.41, 5.74) is 1.48. The summed E-state index contributed by atoms with van der Waals surface area (Å²) in [4.78, 5) is 12.5. The van der Waals surface area contributed by atoms with Gasteiger partial charge in [0.1, 0.15) is 11.5 Å². The zero-order valence-corrected chi connectivity index (χ0v) is 17.1. The molecule has 0 aliphatic rings. The van der Waals surface area contributed by atoms with Crippen LogP contribution in [0.1, 0.15) is 56.5 Å². The molecule has 28 heavy (non-hydrogen) atoms. The molecular weight excluding hydrogens is 348 g/mol. The van der Waals surface area contributed by atoms with Crippen LogP contribution in [0.15, 0.2) is 78.3 Å². The first-order valence-corrected chi connectivity index (χ1v) is 9.68. The maximum atomic E-state index is 12.5. The number of carbonyl (C=O) groups excluding carboxylic acids is 1. The molecule has 0 atom stereocenters. The fourth-order valence-corrected chi connectivity index (χ4v) is 2.62. The Morgan fingerprint density at radius 1 is 0.857 bits per heavy atom. The van der Waals surface area contributed by atoms with Crippen LogP contribution in [0, 0.1) is 0 Å². The van der Waals surface area contributed by atoms with E-state index in [0.29, 0.717) is 5.56 Å². The van der Waals surface area contributed by atoms with Crippen molar-refractivity contribution in [2.24, 2.45) is 0 Å². The normalized spacial score (nSPS) is 12.3. The van der Waals surface area contributed by atoms with Crippen molar-refractivity contribution in [1.29, 1.82) is 0 Å². The summed E-state index contributed by atoms with van der Waals surface area (Å²) in [7, 11) is 0. The Balaban J connectivity index is 2.12. The number of hydrogen-bond acceptors (Lipinski definition) is 3. The van der Waals surface area contributed by atoms with Crippen LogP contribution in [-0.2, 0) is 0 Å². The lowest BCUT2D eigenvalue weighted by Gasteiger charge is -2.10. The highest BCUT2D eigenvalue weighted by Gasteiger charge is 2.06. The van der Waals surface area contributed by atoms with Gasteiger partial charge in [-0.1, -0.05) is 32.0 Å². The van der Waals surface area contributed by atoms with Gasteiger partial charge in [0.05, 0.1) is 11.5 Å². The average Bonchev–Trinajstić information content (AvgIpc) is 2.75. The zero-order valence-electron chi connectivity index (χ0n) is 17.1. The van der Waals surface area contributed by atoms with Crippen molar-refractivity contribution < 1.29 is 14.3 Å². The molecule has 0 bridgehead atoms. The van der Waals surface area contributed by atoms with Crippen molar-refractivity contribution in [3.8, 4) is 11.5 Å². The molecule has 0 heterocycles. The summed E-state index contributed by atoms with van der Waals surface area (Å²) in [6.45, 7) is 7.99. The van der Waals surface area contributed by atoms with E-state index in [9.17, 15) is 4.79 Å². The van der Waals surface area contributed by atoms with E-state index < -0.39 is 0 Å². The van der Waals surface area contributed by atoms with Crippen molar-refractivity contribution in [3.05, 3.63) is 89.4 Å². The second kappa shape index (κ2) is 10.9. The van der Waals surface area contributed by atoms with E-state index in [2.05, 4.69) is 0 Å². The number of para-hydroxylation sites is 1. The lowest BCUT2D eigenvalue weighted by Crippen LogP contribution is -1.97. The molecule has 0 amide bonds. The van der Waals surface area contributed by atoms with Gasteiger partial charge in [-0.05, 0) is 68.5 Å². The first-order valence-electron chi connectivity index (χ1n) is 9.68. The number of ether oxygens (including phenoxy) is 2. The van der Waals surface area contributed by atoms with Gasteiger partial charge < -0.3 is 9.47 Å². The summed E-state index contributed by atoms with van der Waals surface area (Å²) in [6, 6.07) is 14.9. The van der Waals surface area contributed by atoms with Crippen molar-refractivity contribution >= 4 is 11.9 Å². The van der Waals surface area contributed by atoms with Crippen LogP contribution in [0.25, 0.3) is 6.08 Å². The Hall–Kier alpha value is -3.07. The Bertz CT molecular complexity index is 871. The van der Waals surface area contributed by atoms with E-state index in [1.165, 1.54) is 0 Å². The van der Waals surface area contributed by atoms with Gasteiger partial charge in [0.2, 0.25) is 0 Å². The van der Waals surface area contributed by atoms with Gasteiger partial charge in [0.25, 0.3) is 0 Å². The largest absolute Gasteiger partial charge is 0.462 e. The minimum absolute atomic E-state index is 0.0650. The first-order chi connectivity index (χ1) is 13.6. The second-order valence-corrected chi connectivity index (χ2v) is 6.18. The van der Waals surface area contributed by atoms with Gasteiger partial charge in [-0.2, -0.15) is 0 Å². The fraction of sp³-hybridized carbons (Fsp3) is 0.240. The van der Waals surface area contributed by atoms with E-state index in [-0.39, 0.29) is 5.78 Å². The Morgan fingerprint density at radius 3 is 2.07 bits per heavy atom. The van der Waals surface area contributed by atoms with Gasteiger partial charge in [-0.15, -0.1) is 0 Å². The molecular formula is C25H28O3. The van der Waals surface area contributed by atoms with Gasteiger partial charge in [0, 0.05) is 24.0 Å². The highest BCUT2D eigenvalue weighted by Crippen LogP contribution is 2.23. The first kappa shape index (κ1) is 21.2. The van der Waals surface area contributed by atoms with E-state index >= 15 is 0 Å². The number of carbonyl (C=O) groups is 1. The zero-order chi connectivity index (χ0) is 20.4. The standard InChI is InChI=1S/C25H28O3/c1-5-21(6-2)27-23-16-13-19(14-17-23)24(26)18-15-20-11-9-10-12-25(20)28-22(7-3)8-4/h5,7,9-18H,6,8H2,1-4H3. The van der Waals surface area contributed by atoms with E-state index in [0.717, 1.165) is 41.4 Å². The third kappa shape index (κ3) is 5.98. The van der Waals surface area contributed by atoms with Crippen molar-refractivity contribution in [3.63, 3.8) is 0 Å². The van der Waals surface area contributed by atoms with E-state index in [1.54, 1.807) is 24.3 Å². The van der Waals surface area contributed by atoms with E-state index in [4.69, 9.17) is 9.47 Å². The van der Waals surface area contributed by atoms with Crippen LogP contribution < -0.4 is 9.47 Å². The molecule has 0 fully saturated rings. The molecule has 146 valence electrons. The molecule has 0 spiro atoms. The molecule has 0 radical (unpaired) electrons. The summed E-state index contributed by atoms with van der Waals surface area (Å²) in [5, 5.41) is 0. The second-order valence-electron chi connectivity index (χ2n) is 6.18. The summed E-state index contributed by atoms with van der Waals surface area (Å²) >= 11 is 0. The Morgan fingerprint density at radius 2 is 1.46 bits per heavy atom. The van der Waals surface area contributed by atoms with Gasteiger partial charge in [0.15, 0.2) is 5.78 Å². The lowest BCUT2D eigenvalue weighted by atomic mass is 10.1. The average molecular weight is 376 g/mol.